The van der Waals surface area contributed by atoms with Crippen molar-refractivity contribution in [3.05, 3.63) is 29.8 Å². The quantitative estimate of drug-likeness (QED) is 0.337. The van der Waals surface area contributed by atoms with Crippen molar-refractivity contribution in [2.45, 2.75) is 23.8 Å². The third kappa shape index (κ3) is 6.32. The van der Waals surface area contributed by atoms with Crippen LogP contribution in [0.4, 0.5) is 5.69 Å². The number of carbonyl (C=O) groups is 2. The third-order valence-corrected chi connectivity index (χ3v) is 3.69. The van der Waals surface area contributed by atoms with E-state index in [0.717, 1.165) is 0 Å². The van der Waals surface area contributed by atoms with Crippen LogP contribution < -0.4 is 16.0 Å². The molecule has 4 N–H and O–H groups in total. The highest BCUT2D eigenvalue weighted by Crippen LogP contribution is 2.29. The number of benzene rings is 1. The molecule has 1 amide bonds. The molecule has 1 aromatic rings. The highest BCUT2D eigenvalue weighted by Gasteiger charge is 2.35. The Balaban J connectivity index is 2.86. The second-order valence-electron chi connectivity index (χ2n) is 5.09. The number of hydrogen-bond donors (Lipinski definition) is 4. The summed E-state index contributed by atoms with van der Waals surface area (Å²) in [5.41, 5.74) is 0.291. The minimum absolute atomic E-state index is 0.0101. The summed E-state index contributed by atoms with van der Waals surface area (Å²) < 4.78 is -1.87. The van der Waals surface area contributed by atoms with E-state index in [1.165, 1.54) is 12.1 Å². The molecular weight excluding hydrogens is 397 g/mol. The van der Waals surface area contributed by atoms with Gasteiger partial charge in [-0.15, -0.1) is 0 Å². The number of carbonyl (C=O) groups excluding carboxylic acids is 1. The number of thiocarbonyl (C=S) groups is 1. The van der Waals surface area contributed by atoms with Crippen LogP contribution in [0.2, 0.25) is 0 Å². The van der Waals surface area contributed by atoms with E-state index >= 15 is 0 Å². The van der Waals surface area contributed by atoms with Gasteiger partial charge in [0.15, 0.2) is 5.11 Å². The zero-order valence-electron chi connectivity index (χ0n) is 12.8. The normalized spacial score (nSPS) is 12.4. The number of para-hydroxylation sites is 1. The minimum Gasteiger partial charge on any atom is -0.478 e. The van der Waals surface area contributed by atoms with Gasteiger partial charge in [-0.3, -0.25) is 4.79 Å². The number of rotatable bonds is 5. The molecule has 0 saturated heterocycles. The number of alkyl halides is 3. The van der Waals surface area contributed by atoms with Crippen molar-refractivity contribution in [3.63, 3.8) is 0 Å². The highest BCUT2D eigenvalue weighted by atomic mass is 35.6. The Labute approximate surface area is 159 Å². The fourth-order valence-electron chi connectivity index (χ4n) is 1.58. The summed E-state index contributed by atoms with van der Waals surface area (Å²) in [4.78, 5) is 23.0. The summed E-state index contributed by atoms with van der Waals surface area (Å²) in [5, 5.41) is 17.0. The van der Waals surface area contributed by atoms with Crippen LogP contribution in [0.15, 0.2) is 24.3 Å². The summed E-state index contributed by atoms with van der Waals surface area (Å²) >= 11 is 22.7. The SMILES string of the molecule is CC(C)C(=O)N[C@@H](NC(=S)Nc1ccccc1C(=O)O)C(Cl)(Cl)Cl. The van der Waals surface area contributed by atoms with Gasteiger partial charge < -0.3 is 21.1 Å². The minimum atomic E-state index is -1.87. The Bertz CT molecular complexity index is 635. The lowest BCUT2D eigenvalue weighted by Crippen LogP contribution is -2.56. The number of anilines is 1. The second kappa shape index (κ2) is 8.71. The molecule has 0 aliphatic rings. The van der Waals surface area contributed by atoms with Gasteiger partial charge in [0.1, 0.15) is 6.17 Å². The monoisotopic (exact) mass is 411 g/mol. The molecule has 1 atom stereocenters. The van der Waals surface area contributed by atoms with Crippen molar-refractivity contribution in [1.29, 1.82) is 0 Å². The number of hydrogen-bond acceptors (Lipinski definition) is 3. The molecule has 24 heavy (non-hydrogen) atoms. The summed E-state index contributed by atoms with van der Waals surface area (Å²) in [6.45, 7) is 3.37. The van der Waals surface area contributed by atoms with Crippen LogP contribution in [0.1, 0.15) is 24.2 Å². The van der Waals surface area contributed by atoms with Crippen molar-refractivity contribution in [1.82, 2.24) is 10.6 Å². The molecule has 0 spiro atoms. The van der Waals surface area contributed by atoms with Crippen LogP contribution in [0, 0.1) is 5.92 Å². The van der Waals surface area contributed by atoms with E-state index in [0.29, 0.717) is 0 Å². The molecule has 0 unspecified atom stereocenters. The Morgan fingerprint density at radius 2 is 1.75 bits per heavy atom. The predicted octanol–water partition coefficient (Wildman–Crippen LogP) is 3.14. The largest absolute Gasteiger partial charge is 0.478 e. The molecule has 10 heteroatoms. The molecule has 0 fully saturated rings. The Morgan fingerprint density at radius 3 is 2.25 bits per heavy atom. The van der Waals surface area contributed by atoms with Crippen LogP contribution in [-0.4, -0.2) is 32.1 Å². The highest BCUT2D eigenvalue weighted by molar-refractivity contribution is 7.80. The van der Waals surface area contributed by atoms with Crippen molar-refractivity contribution in [2.75, 3.05) is 5.32 Å². The topological polar surface area (TPSA) is 90.5 Å². The third-order valence-electron chi connectivity index (χ3n) is 2.82. The lowest BCUT2D eigenvalue weighted by molar-refractivity contribution is -0.124. The van der Waals surface area contributed by atoms with Gasteiger partial charge in [0.2, 0.25) is 9.70 Å². The smallest absolute Gasteiger partial charge is 0.337 e. The first-order chi connectivity index (χ1) is 11.0. The molecule has 0 heterocycles. The maximum atomic E-state index is 11.8. The van der Waals surface area contributed by atoms with Crippen molar-refractivity contribution in [3.8, 4) is 0 Å². The average Bonchev–Trinajstić information content (AvgIpc) is 2.45. The van der Waals surface area contributed by atoms with Gasteiger partial charge in [0, 0.05) is 5.92 Å². The van der Waals surface area contributed by atoms with E-state index in [1.807, 2.05) is 0 Å². The van der Waals surface area contributed by atoms with E-state index in [4.69, 9.17) is 52.1 Å². The number of halogens is 3. The van der Waals surface area contributed by atoms with E-state index in [-0.39, 0.29) is 28.2 Å². The summed E-state index contributed by atoms with van der Waals surface area (Å²) in [7, 11) is 0. The molecule has 0 aliphatic carbocycles. The Morgan fingerprint density at radius 1 is 1.17 bits per heavy atom. The maximum Gasteiger partial charge on any atom is 0.337 e. The van der Waals surface area contributed by atoms with Crippen molar-refractivity contribution in [2.24, 2.45) is 5.92 Å². The van der Waals surface area contributed by atoms with Crippen molar-refractivity contribution >= 4 is 69.7 Å². The molecule has 0 bridgehead atoms. The number of aromatic carboxylic acids is 1. The first-order valence-electron chi connectivity index (χ1n) is 6.79. The lowest BCUT2D eigenvalue weighted by atomic mass is 10.2. The molecule has 1 aromatic carbocycles. The van der Waals surface area contributed by atoms with Gasteiger partial charge in [0.05, 0.1) is 11.3 Å². The number of carboxylic acids is 1. The molecule has 0 saturated carbocycles. The zero-order valence-corrected chi connectivity index (χ0v) is 15.9. The fourth-order valence-corrected chi connectivity index (χ4v) is 2.13. The van der Waals surface area contributed by atoms with Gasteiger partial charge in [-0.1, -0.05) is 60.8 Å². The summed E-state index contributed by atoms with van der Waals surface area (Å²) in [5.74, 6) is -1.78. The molecule has 132 valence electrons. The van der Waals surface area contributed by atoms with Gasteiger partial charge >= 0.3 is 5.97 Å². The number of carboxylic acid groups (broad SMARTS) is 1. The van der Waals surface area contributed by atoms with Crippen LogP contribution in [-0.2, 0) is 4.79 Å². The Hall–Kier alpha value is -1.28. The number of nitrogens with one attached hydrogen (secondary N) is 3. The van der Waals surface area contributed by atoms with Crippen LogP contribution >= 0.6 is 47.0 Å². The summed E-state index contributed by atoms with van der Waals surface area (Å²) in [6, 6.07) is 6.18. The van der Waals surface area contributed by atoms with E-state index in [9.17, 15) is 9.59 Å². The molecule has 0 aromatic heterocycles. The average molecular weight is 413 g/mol. The predicted molar refractivity (Wildman–Crippen MR) is 99.8 cm³/mol. The van der Waals surface area contributed by atoms with Gasteiger partial charge in [-0.25, -0.2) is 4.79 Å². The van der Waals surface area contributed by atoms with Gasteiger partial charge in [-0.2, -0.15) is 0 Å². The molecule has 0 radical (unpaired) electrons. The fraction of sp³-hybridized carbons (Fsp3) is 0.357. The molecular formula is C14H16Cl3N3O3S. The lowest BCUT2D eigenvalue weighted by Gasteiger charge is -2.28. The first kappa shape index (κ1) is 20.8. The molecule has 1 rings (SSSR count). The zero-order chi connectivity index (χ0) is 18.5. The second-order valence-corrected chi connectivity index (χ2v) is 7.86. The van der Waals surface area contributed by atoms with Crippen LogP contribution in [0.3, 0.4) is 0 Å². The van der Waals surface area contributed by atoms with Gasteiger partial charge in [0.25, 0.3) is 0 Å². The van der Waals surface area contributed by atoms with E-state index < -0.39 is 15.9 Å². The summed E-state index contributed by atoms with van der Waals surface area (Å²) in [6.07, 6.45) is -1.10. The van der Waals surface area contributed by atoms with Crippen LogP contribution in [0.25, 0.3) is 0 Å². The molecule has 6 nitrogen and oxygen atoms in total. The van der Waals surface area contributed by atoms with Gasteiger partial charge in [-0.05, 0) is 24.4 Å². The molecule has 0 aliphatic heterocycles. The first-order valence-corrected chi connectivity index (χ1v) is 8.33. The van der Waals surface area contributed by atoms with E-state index in [2.05, 4.69) is 16.0 Å². The standard InChI is InChI=1S/C14H16Cl3N3O3S/c1-7(2)10(21)19-12(14(15,16)17)20-13(24)18-9-6-4-3-5-8(9)11(22)23/h3-7,12H,1-2H3,(H,19,21)(H,22,23)(H2,18,20,24)/t12-/m0/s1. The van der Waals surface area contributed by atoms with E-state index in [1.54, 1.807) is 26.0 Å². The van der Waals surface area contributed by atoms with Crippen LogP contribution in [0.5, 0.6) is 0 Å². The number of amides is 1. The maximum absolute atomic E-state index is 11.8. The van der Waals surface area contributed by atoms with Crippen molar-refractivity contribution < 1.29 is 14.7 Å². The Kier molecular flexibility index (Phi) is 7.54.